The number of H-pyrrole nitrogens is 1. The molecule has 0 aliphatic rings. The molecule has 0 saturated heterocycles. The number of nitrogens with one attached hydrogen (secondary N) is 1. The van der Waals surface area contributed by atoms with E-state index in [0.717, 1.165) is 22.0 Å². The van der Waals surface area contributed by atoms with Gasteiger partial charge in [-0.05, 0) is 37.1 Å². The molecule has 1 N–H and O–H groups in total. The number of aryl methyl sites for hydroxylation is 1. The summed E-state index contributed by atoms with van der Waals surface area (Å²) in [5.74, 6) is 0.0150. The Morgan fingerprint density at radius 1 is 1.17 bits per heavy atom. The summed E-state index contributed by atoms with van der Waals surface area (Å²) in [7, 11) is 0. The van der Waals surface area contributed by atoms with Gasteiger partial charge in [-0.15, -0.1) is 0 Å². The number of aromatic amines is 1. The van der Waals surface area contributed by atoms with Gasteiger partial charge in [-0.1, -0.05) is 48.0 Å². The van der Waals surface area contributed by atoms with Crippen LogP contribution in [0.1, 0.15) is 28.5 Å². The third-order valence-corrected chi connectivity index (χ3v) is 4.35. The number of nitrogens with zero attached hydrogens (tertiary/aromatic N) is 1. The minimum atomic E-state index is 0.0150. The van der Waals surface area contributed by atoms with E-state index in [4.69, 9.17) is 11.6 Å². The third-order valence-electron chi connectivity index (χ3n) is 4.12. The zero-order chi connectivity index (χ0) is 16.4. The highest BCUT2D eigenvalue weighted by Crippen LogP contribution is 2.25. The van der Waals surface area contributed by atoms with Gasteiger partial charge in [0.2, 0.25) is 0 Å². The van der Waals surface area contributed by atoms with Crippen LogP contribution in [0.15, 0.2) is 48.5 Å². The maximum atomic E-state index is 12.9. The molecule has 0 spiro atoms. The van der Waals surface area contributed by atoms with Crippen molar-refractivity contribution in [2.75, 3.05) is 6.54 Å². The van der Waals surface area contributed by atoms with Crippen molar-refractivity contribution in [1.82, 2.24) is 9.88 Å². The van der Waals surface area contributed by atoms with E-state index < -0.39 is 0 Å². The first-order chi connectivity index (χ1) is 11.1. The maximum absolute atomic E-state index is 12.9. The molecule has 0 unspecified atom stereocenters. The molecule has 1 amide bonds. The number of amides is 1. The maximum Gasteiger partial charge on any atom is 0.270 e. The minimum absolute atomic E-state index is 0.0150. The Labute approximate surface area is 140 Å². The van der Waals surface area contributed by atoms with Crippen molar-refractivity contribution in [3.63, 3.8) is 0 Å². The molecule has 118 valence electrons. The molecular formula is C19H19ClN2O. The first-order valence-electron chi connectivity index (χ1n) is 7.71. The van der Waals surface area contributed by atoms with E-state index in [1.807, 2.05) is 67.3 Å². The van der Waals surface area contributed by atoms with Crippen LogP contribution in [0.25, 0.3) is 10.9 Å². The summed E-state index contributed by atoms with van der Waals surface area (Å²) in [5, 5.41) is 1.70. The van der Waals surface area contributed by atoms with E-state index in [1.54, 1.807) is 0 Å². The lowest BCUT2D eigenvalue weighted by molar-refractivity contribution is 0.0747. The molecule has 1 aromatic heterocycles. The molecule has 0 atom stereocenters. The normalized spacial score (nSPS) is 10.9. The van der Waals surface area contributed by atoms with E-state index in [-0.39, 0.29) is 5.91 Å². The van der Waals surface area contributed by atoms with Crippen LogP contribution < -0.4 is 0 Å². The van der Waals surface area contributed by atoms with Crippen LogP contribution >= 0.6 is 11.6 Å². The number of carbonyl (C=O) groups is 1. The monoisotopic (exact) mass is 326 g/mol. The SMILES string of the molecule is CCN(Cc1ccccc1)C(=O)c1[nH]c2cc(Cl)ccc2c1C. The van der Waals surface area contributed by atoms with Crippen LogP contribution in [0, 0.1) is 6.92 Å². The Hall–Kier alpha value is -2.26. The number of carbonyl (C=O) groups excluding carboxylic acids is 1. The van der Waals surface area contributed by atoms with Gasteiger partial charge in [-0.3, -0.25) is 4.79 Å². The van der Waals surface area contributed by atoms with Crippen molar-refractivity contribution in [3.05, 3.63) is 70.4 Å². The number of halogens is 1. The fourth-order valence-electron chi connectivity index (χ4n) is 2.81. The van der Waals surface area contributed by atoms with Crippen LogP contribution in [-0.4, -0.2) is 22.3 Å². The van der Waals surface area contributed by atoms with Gasteiger partial charge in [-0.2, -0.15) is 0 Å². The Kier molecular flexibility index (Phi) is 4.39. The number of hydrogen-bond donors (Lipinski definition) is 1. The van der Waals surface area contributed by atoms with Crippen LogP contribution in [0.3, 0.4) is 0 Å². The van der Waals surface area contributed by atoms with Gasteiger partial charge in [0.1, 0.15) is 5.69 Å². The summed E-state index contributed by atoms with van der Waals surface area (Å²) in [5.41, 5.74) is 3.63. The predicted molar refractivity (Wildman–Crippen MR) is 94.9 cm³/mol. The Morgan fingerprint density at radius 3 is 2.61 bits per heavy atom. The largest absolute Gasteiger partial charge is 0.350 e. The number of aromatic nitrogens is 1. The van der Waals surface area contributed by atoms with Crippen molar-refractivity contribution in [3.8, 4) is 0 Å². The molecule has 0 aliphatic heterocycles. The molecular weight excluding hydrogens is 308 g/mol. The first-order valence-corrected chi connectivity index (χ1v) is 8.09. The van der Waals surface area contributed by atoms with Crippen molar-refractivity contribution in [2.24, 2.45) is 0 Å². The number of benzene rings is 2. The average Bonchev–Trinajstić information content (AvgIpc) is 2.89. The quantitative estimate of drug-likeness (QED) is 0.735. The molecule has 0 bridgehead atoms. The predicted octanol–water partition coefficient (Wildman–Crippen LogP) is 4.79. The van der Waals surface area contributed by atoms with Gasteiger partial charge in [0.05, 0.1) is 0 Å². The van der Waals surface area contributed by atoms with Gasteiger partial charge in [0.25, 0.3) is 5.91 Å². The lowest BCUT2D eigenvalue weighted by Crippen LogP contribution is -2.31. The molecule has 2 aromatic carbocycles. The lowest BCUT2D eigenvalue weighted by atomic mass is 10.1. The summed E-state index contributed by atoms with van der Waals surface area (Å²) >= 11 is 6.04. The number of hydrogen-bond acceptors (Lipinski definition) is 1. The van der Waals surface area contributed by atoms with Gasteiger partial charge in [0.15, 0.2) is 0 Å². The molecule has 4 heteroatoms. The van der Waals surface area contributed by atoms with E-state index in [9.17, 15) is 4.79 Å². The van der Waals surface area contributed by atoms with E-state index in [2.05, 4.69) is 4.98 Å². The van der Waals surface area contributed by atoms with Crippen molar-refractivity contribution in [2.45, 2.75) is 20.4 Å². The zero-order valence-corrected chi connectivity index (χ0v) is 14.0. The number of fused-ring (bicyclic) bond motifs is 1. The van der Waals surface area contributed by atoms with E-state index in [0.29, 0.717) is 23.8 Å². The summed E-state index contributed by atoms with van der Waals surface area (Å²) < 4.78 is 0. The molecule has 3 aromatic rings. The number of rotatable bonds is 4. The second kappa shape index (κ2) is 6.47. The molecule has 1 heterocycles. The Morgan fingerprint density at radius 2 is 1.91 bits per heavy atom. The average molecular weight is 327 g/mol. The van der Waals surface area contributed by atoms with Crippen molar-refractivity contribution >= 4 is 28.4 Å². The van der Waals surface area contributed by atoms with Crippen molar-refractivity contribution < 1.29 is 4.79 Å². The minimum Gasteiger partial charge on any atom is -0.350 e. The second-order valence-electron chi connectivity index (χ2n) is 5.62. The molecule has 0 saturated carbocycles. The summed E-state index contributed by atoms with van der Waals surface area (Å²) in [6.07, 6.45) is 0. The Bertz CT molecular complexity index is 839. The smallest absolute Gasteiger partial charge is 0.270 e. The summed E-state index contributed by atoms with van der Waals surface area (Å²) in [6, 6.07) is 15.7. The summed E-state index contributed by atoms with van der Waals surface area (Å²) in [4.78, 5) is 18.0. The van der Waals surface area contributed by atoms with E-state index in [1.165, 1.54) is 0 Å². The van der Waals surface area contributed by atoms with Gasteiger partial charge in [-0.25, -0.2) is 0 Å². The van der Waals surface area contributed by atoms with E-state index >= 15 is 0 Å². The second-order valence-corrected chi connectivity index (χ2v) is 6.06. The van der Waals surface area contributed by atoms with Gasteiger partial charge in [0, 0.05) is 29.0 Å². The molecule has 3 nitrogen and oxygen atoms in total. The zero-order valence-electron chi connectivity index (χ0n) is 13.3. The molecule has 0 fully saturated rings. The molecule has 0 aliphatic carbocycles. The van der Waals surface area contributed by atoms with Crippen LogP contribution in [-0.2, 0) is 6.54 Å². The van der Waals surface area contributed by atoms with Crippen LogP contribution in [0.4, 0.5) is 0 Å². The van der Waals surface area contributed by atoms with Crippen LogP contribution in [0.5, 0.6) is 0 Å². The highest BCUT2D eigenvalue weighted by Gasteiger charge is 2.20. The fraction of sp³-hybridized carbons (Fsp3) is 0.211. The highest BCUT2D eigenvalue weighted by atomic mass is 35.5. The molecule has 0 radical (unpaired) electrons. The Balaban J connectivity index is 1.93. The standard InChI is InChI=1S/C19H19ClN2O/c1-3-22(12-14-7-5-4-6-8-14)19(23)18-13(2)16-10-9-15(20)11-17(16)21-18/h4-11,21H,3,12H2,1-2H3. The first kappa shape index (κ1) is 15.6. The topological polar surface area (TPSA) is 36.1 Å². The lowest BCUT2D eigenvalue weighted by Gasteiger charge is -2.20. The highest BCUT2D eigenvalue weighted by molar-refractivity contribution is 6.31. The van der Waals surface area contributed by atoms with Gasteiger partial charge >= 0.3 is 0 Å². The molecule has 23 heavy (non-hydrogen) atoms. The summed E-state index contributed by atoms with van der Waals surface area (Å²) in [6.45, 7) is 5.22. The van der Waals surface area contributed by atoms with Crippen LogP contribution in [0.2, 0.25) is 5.02 Å². The fourth-order valence-corrected chi connectivity index (χ4v) is 2.99. The van der Waals surface area contributed by atoms with Gasteiger partial charge < -0.3 is 9.88 Å². The molecule has 3 rings (SSSR count). The van der Waals surface area contributed by atoms with Crippen molar-refractivity contribution in [1.29, 1.82) is 0 Å². The third kappa shape index (κ3) is 3.10.